The summed E-state index contributed by atoms with van der Waals surface area (Å²) in [7, 11) is 2.01. The number of non-ortho nitro benzene ring substituents is 1. The Balaban J connectivity index is 2.15. The third-order valence-corrected chi connectivity index (χ3v) is 3.66. The van der Waals surface area contributed by atoms with Gasteiger partial charge in [-0.15, -0.1) is 0 Å². The first-order valence-corrected chi connectivity index (χ1v) is 6.13. The quantitative estimate of drug-likeness (QED) is 0.668. The zero-order chi connectivity index (χ0) is 13.4. The lowest BCUT2D eigenvalue weighted by atomic mass is 10.1. The number of benzene rings is 1. The lowest BCUT2D eigenvalue weighted by molar-refractivity contribution is -0.383. The van der Waals surface area contributed by atoms with Crippen LogP contribution in [0.5, 0.6) is 0 Å². The van der Waals surface area contributed by atoms with Crippen LogP contribution in [0, 0.1) is 10.1 Å². The van der Waals surface area contributed by atoms with Crippen LogP contribution in [-0.4, -0.2) is 36.1 Å². The average Bonchev–Trinajstić information content (AvgIpc) is 2.35. The van der Waals surface area contributed by atoms with E-state index in [1.165, 1.54) is 0 Å². The number of likely N-dealkylation sites (N-methyl/N-ethyl adjacent to an activating group) is 1. The Hall–Kier alpha value is -2.21. The molecule has 6 nitrogen and oxygen atoms in total. The van der Waals surface area contributed by atoms with E-state index in [-0.39, 0.29) is 10.6 Å². The van der Waals surface area contributed by atoms with Crippen LogP contribution in [0.1, 0.15) is 0 Å². The highest BCUT2D eigenvalue weighted by Crippen LogP contribution is 2.33. The minimum absolute atomic E-state index is 0.126. The molecule has 3 rings (SSSR count). The van der Waals surface area contributed by atoms with Crippen LogP contribution in [-0.2, 0) is 0 Å². The van der Waals surface area contributed by atoms with Gasteiger partial charge in [-0.05, 0) is 12.1 Å². The molecule has 0 unspecified atom stereocenters. The number of rotatable bonds is 3. The zero-order valence-electron chi connectivity index (χ0n) is 10.5. The van der Waals surface area contributed by atoms with Crippen LogP contribution in [0.15, 0.2) is 30.6 Å². The Morgan fingerprint density at radius 3 is 2.79 bits per heavy atom. The van der Waals surface area contributed by atoms with Gasteiger partial charge < -0.3 is 10.2 Å². The number of nitro benzene ring substituents is 1. The van der Waals surface area contributed by atoms with Gasteiger partial charge in [-0.3, -0.25) is 15.1 Å². The summed E-state index contributed by atoms with van der Waals surface area (Å²) in [6.45, 7) is 1.88. The summed E-state index contributed by atoms with van der Waals surface area (Å²) in [6, 6.07) is 5.51. The number of aromatic nitrogens is 1. The third-order valence-electron chi connectivity index (χ3n) is 3.66. The molecule has 6 heteroatoms. The Labute approximate surface area is 110 Å². The topological polar surface area (TPSA) is 71.3 Å². The number of pyridine rings is 1. The maximum absolute atomic E-state index is 11.1. The van der Waals surface area contributed by atoms with Gasteiger partial charge in [0.05, 0.1) is 16.4 Å². The molecule has 1 fully saturated rings. The van der Waals surface area contributed by atoms with E-state index in [2.05, 4.69) is 15.2 Å². The average molecular weight is 258 g/mol. The number of anilines is 1. The van der Waals surface area contributed by atoms with Crippen molar-refractivity contribution < 1.29 is 4.92 Å². The van der Waals surface area contributed by atoms with Crippen molar-refractivity contribution in [3.63, 3.8) is 0 Å². The molecule has 0 saturated carbocycles. The van der Waals surface area contributed by atoms with Crippen LogP contribution in [0.3, 0.4) is 0 Å². The van der Waals surface area contributed by atoms with Crippen LogP contribution >= 0.6 is 0 Å². The van der Waals surface area contributed by atoms with Gasteiger partial charge in [0.15, 0.2) is 0 Å². The molecule has 1 aromatic heterocycles. The van der Waals surface area contributed by atoms with Crippen molar-refractivity contribution >= 4 is 22.1 Å². The molecular formula is C13H14N4O2. The standard InChI is InChI=1S/C13H14N4O2/c1-16(9-6-15-7-9)12-2-3-13(17(18)19)10-4-5-14-8-11(10)12/h2-5,8-9,15H,6-7H2,1H3. The fourth-order valence-corrected chi connectivity index (χ4v) is 2.37. The van der Waals surface area contributed by atoms with Crippen LogP contribution in [0.4, 0.5) is 11.4 Å². The second-order valence-electron chi connectivity index (χ2n) is 4.71. The molecule has 0 radical (unpaired) electrons. The molecule has 0 bridgehead atoms. The number of nitro groups is 1. The molecule has 1 saturated heterocycles. The predicted molar refractivity (Wildman–Crippen MR) is 73.5 cm³/mol. The Morgan fingerprint density at radius 1 is 1.37 bits per heavy atom. The van der Waals surface area contributed by atoms with E-state index < -0.39 is 0 Å². The van der Waals surface area contributed by atoms with E-state index in [4.69, 9.17) is 0 Å². The molecule has 98 valence electrons. The molecule has 1 aliphatic rings. The lowest BCUT2D eigenvalue weighted by Gasteiger charge is -2.37. The Kier molecular flexibility index (Phi) is 2.79. The monoisotopic (exact) mass is 258 g/mol. The van der Waals surface area contributed by atoms with Crippen molar-refractivity contribution in [1.82, 2.24) is 10.3 Å². The summed E-state index contributed by atoms with van der Waals surface area (Å²) in [5, 5.41) is 15.7. The first-order chi connectivity index (χ1) is 9.18. The third kappa shape index (κ3) is 1.90. The summed E-state index contributed by atoms with van der Waals surface area (Å²) in [5.74, 6) is 0. The highest BCUT2D eigenvalue weighted by Gasteiger charge is 2.24. The zero-order valence-corrected chi connectivity index (χ0v) is 10.5. The molecule has 19 heavy (non-hydrogen) atoms. The summed E-state index contributed by atoms with van der Waals surface area (Å²) in [5.41, 5.74) is 1.11. The van der Waals surface area contributed by atoms with E-state index in [9.17, 15) is 10.1 Å². The fourth-order valence-electron chi connectivity index (χ4n) is 2.37. The molecule has 0 spiro atoms. The molecule has 2 heterocycles. The fraction of sp³-hybridized carbons (Fsp3) is 0.308. The normalized spacial score (nSPS) is 15.2. The maximum atomic E-state index is 11.1. The van der Waals surface area contributed by atoms with Crippen molar-refractivity contribution in [3.8, 4) is 0 Å². The molecule has 1 N–H and O–H groups in total. The van der Waals surface area contributed by atoms with E-state index in [0.29, 0.717) is 11.4 Å². The second-order valence-corrected chi connectivity index (χ2v) is 4.71. The van der Waals surface area contributed by atoms with E-state index in [1.807, 2.05) is 7.05 Å². The minimum atomic E-state index is -0.350. The maximum Gasteiger partial charge on any atom is 0.277 e. The summed E-state index contributed by atoms with van der Waals surface area (Å²) < 4.78 is 0. The van der Waals surface area contributed by atoms with Gasteiger partial charge >= 0.3 is 0 Å². The molecule has 1 aromatic carbocycles. The highest BCUT2D eigenvalue weighted by molar-refractivity contribution is 5.99. The van der Waals surface area contributed by atoms with Gasteiger partial charge in [0.1, 0.15) is 0 Å². The van der Waals surface area contributed by atoms with E-state index in [1.54, 1.807) is 30.6 Å². The molecular weight excluding hydrogens is 244 g/mol. The van der Waals surface area contributed by atoms with Crippen LogP contribution < -0.4 is 10.2 Å². The van der Waals surface area contributed by atoms with Crippen molar-refractivity contribution in [2.24, 2.45) is 0 Å². The van der Waals surface area contributed by atoms with Gasteiger partial charge in [0, 0.05) is 49.7 Å². The van der Waals surface area contributed by atoms with Gasteiger partial charge in [0.2, 0.25) is 0 Å². The SMILES string of the molecule is CN(c1ccc([N+](=O)[O-])c2ccncc12)C1CNC1. The predicted octanol–water partition coefficient (Wildman–Crippen LogP) is 1.55. The first kappa shape index (κ1) is 11.9. The summed E-state index contributed by atoms with van der Waals surface area (Å²) >= 11 is 0. The van der Waals surface area contributed by atoms with Gasteiger partial charge in [-0.2, -0.15) is 0 Å². The Morgan fingerprint density at radius 2 is 2.16 bits per heavy atom. The van der Waals surface area contributed by atoms with E-state index >= 15 is 0 Å². The molecule has 0 amide bonds. The molecule has 0 atom stereocenters. The number of hydrogen-bond donors (Lipinski definition) is 1. The lowest BCUT2D eigenvalue weighted by Crippen LogP contribution is -2.56. The molecule has 0 aliphatic carbocycles. The Bertz CT molecular complexity index is 640. The smallest absolute Gasteiger partial charge is 0.277 e. The van der Waals surface area contributed by atoms with Crippen molar-refractivity contribution in [2.45, 2.75) is 6.04 Å². The van der Waals surface area contributed by atoms with Crippen LogP contribution in [0.25, 0.3) is 10.8 Å². The number of hydrogen-bond acceptors (Lipinski definition) is 5. The summed E-state index contributed by atoms with van der Waals surface area (Å²) in [4.78, 5) is 17.0. The van der Waals surface area contributed by atoms with Gasteiger partial charge in [0.25, 0.3) is 5.69 Å². The van der Waals surface area contributed by atoms with Gasteiger partial charge in [-0.1, -0.05) is 0 Å². The largest absolute Gasteiger partial charge is 0.368 e. The second kappa shape index (κ2) is 4.47. The minimum Gasteiger partial charge on any atom is -0.368 e. The number of nitrogens with one attached hydrogen (secondary N) is 1. The number of fused-ring (bicyclic) bond motifs is 1. The van der Waals surface area contributed by atoms with Crippen molar-refractivity contribution in [1.29, 1.82) is 0 Å². The summed E-state index contributed by atoms with van der Waals surface area (Å²) in [6.07, 6.45) is 3.28. The van der Waals surface area contributed by atoms with Crippen molar-refractivity contribution in [2.75, 3.05) is 25.0 Å². The van der Waals surface area contributed by atoms with E-state index in [0.717, 1.165) is 24.2 Å². The van der Waals surface area contributed by atoms with Gasteiger partial charge in [-0.25, -0.2) is 0 Å². The highest BCUT2D eigenvalue weighted by atomic mass is 16.6. The first-order valence-electron chi connectivity index (χ1n) is 6.13. The molecule has 2 aromatic rings. The number of nitrogens with zero attached hydrogens (tertiary/aromatic N) is 3. The van der Waals surface area contributed by atoms with Crippen molar-refractivity contribution in [3.05, 3.63) is 40.7 Å². The molecule has 1 aliphatic heterocycles. The van der Waals surface area contributed by atoms with Crippen LogP contribution in [0.2, 0.25) is 0 Å².